The number of hydrogen-bond acceptors (Lipinski definition) is 3. The van der Waals surface area contributed by atoms with Crippen LogP contribution < -0.4 is 11.5 Å². The molecule has 1 atom stereocenters. The Morgan fingerprint density at radius 2 is 2.00 bits per heavy atom. The summed E-state index contributed by atoms with van der Waals surface area (Å²) in [7, 11) is 0. The molecule has 1 unspecified atom stereocenters. The summed E-state index contributed by atoms with van der Waals surface area (Å²) in [5.41, 5.74) is 13.4. The highest BCUT2D eigenvalue weighted by Gasteiger charge is 2.34. The van der Waals surface area contributed by atoms with E-state index >= 15 is 0 Å². The number of anilines is 2. The number of carbonyl (C=O) groups is 1. The van der Waals surface area contributed by atoms with E-state index in [1.165, 1.54) is 0 Å². The minimum atomic E-state index is 0.0178. The molecular formula is C15H23N3O. The molecule has 1 saturated heterocycles. The number of nitrogen functional groups attached to an aromatic ring is 2. The van der Waals surface area contributed by atoms with Crippen LogP contribution in [0, 0.1) is 11.3 Å². The van der Waals surface area contributed by atoms with Crippen molar-refractivity contribution in [2.45, 2.75) is 27.2 Å². The summed E-state index contributed by atoms with van der Waals surface area (Å²) in [5, 5.41) is 0. The number of amides is 1. The molecule has 0 radical (unpaired) electrons. The zero-order chi connectivity index (χ0) is 14.2. The quantitative estimate of drug-likeness (QED) is 0.762. The van der Waals surface area contributed by atoms with Gasteiger partial charge in [0.05, 0.1) is 5.56 Å². The lowest BCUT2D eigenvalue weighted by atomic mass is 9.80. The molecule has 2 rings (SSSR count). The van der Waals surface area contributed by atoms with Crippen molar-refractivity contribution in [3.05, 3.63) is 23.8 Å². The van der Waals surface area contributed by atoms with E-state index in [4.69, 9.17) is 11.5 Å². The van der Waals surface area contributed by atoms with Crippen LogP contribution in [0.15, 0.2) is 18.2 Å². The Balaban J connectivity index is 2.14. The third-order valence-corrected chi connectivity index (χ3v) is 4.01. The second-order valence-electron chi connectivity index (χ2n) is 6.45. The highest BCUT2D eigenvalue weighted by atomic mass is 16.2. The Morgan fingerprint density at radius 3 is 2.53 bits per heavy atom. The zero-order valence-corrected chi connectivity index (χ0v) is 11.9. The monoisotopic (exact) mass is 261 g/mol. The van der Waals surface area contributed by atoms with Gasteiger partial charge in [-0.2, -0.15) is 0 Å². The van der Waals surface area contributed by atoms with Crippen molar-refractivity contribution in [1.82, 2.24) is 4.90 Å². The summed E-state index contributed by atoms with van der Waals surface area (Å²) in [4.78, 5) is 14.4. The molecule has 0 bridgehead atoms. The first-order chi connectivity index (χ1) is 8.79. The van der Waals surface area contributed by atoms with Gasteiger partial charge in [-0.25, -0.2) is 0 Å². The fraction of sp³-hybridized carbons (Fsp3) is 0.533. The highest BCUT2D eigenvalue weighted by Crippen LogP contribution is 2.34. The third-order valence-electron chi connectivity index (χ3n) is 4.01. The van der Waals surface area contributed by atoms with Crippen molar-refractivity contribution in [2.75, 3.05) is 24.6 Å². The second-order valence-corrected chi connectivity index (χ2v) is 6.45. The van der Waals surface area contributed by atoms with Gasteiger partial charge in [-0.3, -0.25) is 4.79 Å². The lowest BCUT2D eigenvalue weighted by Gasteiger charge is -2.27. The molecule has 104 valence electrons. The molecule has 0 aromatic heterocycles. The summed E-state index contributed by atoms with van der Waals surface area (Å²) in [6, 6.07) is 5.09. The largest absolute Gasteiger partial charge is 0.399 e. The number of nitrogens with two attached hydrogens (primary N) is 2. The Hall–Kier alpha value is -1.71. The number of carbonyl (C=O) groups excluding carboxylic acids is 1. The maximum Gasteiger partial charge on any atom is 0.255 e. The molecule has 4 nitrogen and oxygen atoms in total. The lowest BCUT2D eigenvalue weighted by molar-refractivity contribution is 0.0777. The summed E-state index contributed by atoms with van der Waals surface area (Å²) < 4.78 is 0. The molecule has 0 saturated carbocycles. The van der Waals surface area contributed by atoms with Crippen molar-refractivity contribution in [2.24, 2.45) is 11.3 Å². The molecule has 1 fully saturated rings. The molecule has 19 heavy (non-hydrogen) atoms. The van der Waals surface area contributed by atoms with E-state index in [0.717, 1.165) is 19.5 Å². The van der Waals surface area contributed by atoms with Crippen molar-refractivity contribution in [3.63, 3.8) is 0 Å². The van der Waals surface area contributed by atoms with Crippen LogP contribution in [0.5, 0.6) is 0 Å². The summed E-state index contributed by atoms with van der Waals surface area (Å²) in [6.07, 6.45) is 1.06. The van der Waals surface area contributed by atoms with Gasteiger partial charge in [0.25, 0.3) is 5.91 Å². The molecular weight excluding hydrogens is 238 g/mol. The van der Waals surface area contributed by atoms with Gasteiger partial charge in [0.2, 0.25) is 0 Å². The zero-order valence-electron chi connectivity index (χ0n) is 11.9. The van der Waals surface area contributed by atoms with E-state index in [-0.39, 0.29) is 11.3 Å². The molecule has 1 aliphatic rings. The first kappa shape index (κ1) is 13.7. The predicted molar refractivity (Wildman–Crippen MR) is 78.7 cm³/mol. The van der Waals surface area contributed by atoms with Gasteiger partial charge in [-0.1, -0.05) is 20.8 Å². The van der Waals surface area contributed by atoms with Crippen LogP contribution in [0.25, 0.3) is 0 Å². The van der Waals surface area contributed by atoms with Crippen LogP contribution in [0.2, 0.25) is 0 Å². The van der Waals surface area contributed by atoms with Gasteiger partial charge in [-0.15, -0.1) is 0 Å². The van der Waals surface area contributed by atoms with E-state index in [0.29, 0.717) is 22.9 Å². The number of benzene rings is 1. The fourth-order valence-electron chi connectivity index (χ4n) is 2.60. The smallest absolute Gasteiger partial charge is 0.255 e. The standard InChI is InChI=1S/C15H23N3O/c1-15(2,3)10-6-7-18(9-10)14(19)12-5-4-11(16)8-13(12)17/h4-5,8,10H,6-7,9,16-17H2,1-3H3. The number of likely N-dealkylation sites (tertiary alicyclic amines) is 1. The van der Waals surface area contributed by atoms with Crippen LogP contribution in [0.3, 0.4) is 0 Å². The molecule has 1 heterocycles. The fourth-order valence-corrected chi connectivity index (χ4v) is 2.60. The topological polar surface area (TPSA) is 72.3 Å². The number of nitrogens with zero attached hydrogens (tertiary/aromatic N) is 1. The first-order valence-corrected chi connectivity index (χ1v) is 6.73. The van der Waals surface area contributed by atoms with E-state index in [9.17, 15) is 4.79 Å². The van der Waals surface area contributed by atoms with Crippen LogP contribution in [-0.4, -0.2) is 23.9 Å². The van der Waals surface area contributed by atoms with Crippen LogP contribution in [-0.2, 0) is 0 Å². The molecule has 4 N–H and O–H groups in total. The minimum Gasteiger partial charge on any atom is -0.399 e. The molecule has 4 heteroatoms. The molecule has 0 aliphatic carbocycles. The van der Waals surface area contributed by atoms with E-state index in [1.54, 1.807) is 18.2 Å². The van der Waals surface area contributed by atoms with Gasteiger partial charge >= 0.3 is 0 Å². The average Bonchev–Trinajstić information content (AvgIpc) is 2.76. The Morgan fingerprint density at radius 1 is 1.32 bits per heavy atom. The van der Waals surface area contributed by atoms with Crippen molar-refractivity contribution in [3.8, 4) is 0 Å². The lowest BCUT2D eigenvalue weighted by Crippen LogP contribution is -2.31. The van der Waals surface area contributed by atoms with Crippen LogP contribution in [0.1, 0.15) is 37.6 Å². The molecule has 1 aromatic carbocycles. The normalized spacial score (nSPS) is 19.7. The van der Waals surface area contributed by atoms with E-state index < -0.39 is 0 Å². The summed E-state index contributed by atoms with van der Waals surface area (Å²) in [5.74, 6) is 0.565. The minimum absolute atomic E-state index is 0.0178. The number of hydrogen-bond donors (Lipinski definition) is 2. The maximum absolute atomic E-state index is 12.5. The predicted octanol–water partition coefficient (Wildman–Crippen LogP) is 2.36. The first-order valence-electron chi connectivity index (χ1n) is 6.73. The van der Waals surface area contributed by atoms with Gasteiger partial charge in [0, 0.05) is 24.5 Å². The number of rotatable bonds is 1. The van der Waals surface area contributed by atoms with Gasteiger partial charge in [-0.05, 0) is 36.0 Å². The van der Waals surface area contributed by atoms with Crippen molar-refractivity contribution >= 4 is 17.3 Å². The Bertz CT molecular complexity index is 491. The summed E-state index contributed by atoms with van der Waals surface area (Å²) >= 11 is 0. The van der Waals surface area contributed by atoms with Crippen LogP contribution >= 0.6 is 0 Å². The Kier molecular flexibility index (Phi) is 3.43. The van der Waals surface area contributed by atoms with E-state index in [2.05, 4.69) is 20.8 Å². The van der Waals surface area contributed by atoms with E-state index in [1.807, 2.05) is 4.90 Å². The molecule has 1 amide bonds. The molecule has 1 aromatic rings. The Labute approximate surface area is 114 Å². The van der Waals surface area contributed by atoms with Gasteiger partial charge in [0.1, 0.15) is 0 Å². The second kappa shape index (κ2) is 4.76. The van der Waals surface area contributed by atoms with Crippen molar-refractivity contribution < 1.29 is 4.79 Å². The van der Waals surface area contributed by atoms with Crippen molar-refractivity contribution in [1.29, 1.82) is 0 Å². The van der Waals surface area contributed by atoms with Crippen LogP contribution in [0.4, 0.5) is 11.4 Å². The third kappa shape index (κ3) is 2.83. The highest BCUT2D eigenvalue weighted by molar-refractivity contribution is 5.99. The van der Waals surface area contributed by atoms with Gasteiger partial charge in [0.15, 0.2) is 0 Å². The van der Waals surface area contributed by atoms with Gasteiger partial charge < -0.3 is 16.4 Å². The molecule has 1 aliphatic heterocycles. The molecule has 0 spiro atoms. The average molecular weight is 261 g/mol. The maximum atomic E-state index is 12.5. The SMILES string of the molecule is CC(C)(C)C1CCN(C(=O)c2ccc(N)cc2N)C1. The summed E-state index contributed by atoms with van der Waals surface area (Å²) in [6.45, 7) is 8.30.